The van der Waals surface area contributed by atoms with Crippen molar-refractivity contribution in [1.82, 2.24) is 30.6 Å². The number of aromatic nitrogens is 4. The lowest BCUT2D eigenvalue weighted by Crippen LogP contribution is -2.39. The van der Waals surface area contributed by atoms with Crippen LogP contribution in [0.15, 0.2) is 73.1 Å². The number of aliphatic hydroxyl groups is 2. The van der Waals surface area contributed by atoms with E-state index in [2.05, 4.69) is 68.8 Å². The number of carbonyl (C=O) groups is 2. The van der Waals surface area contributed by atoms with E-state index in [0.29, 0.717) is 0 Å². The van der Waals surface area contributed by atoms with Gasteiger partial charge in [0.15, 0.2) is 0 Å². The lowest BCUT2D eigenvalue weighted by Gasteiger charge is -2.23. The van der Waals surface area contributed by atoms with Crippen LogP contribution in [0.25, 0.3) is 45.0 Å². The maximum absolute atomic E-state index is 12.7. The molecule has 2 aromatic carbocycles. The molecule has 0 radical (unpaired) electrons. The van der Waals surface area contributed by atoms with Crippen molar-refractivity contribution in [2.45, 2.75) is 114 Å². The van der Waals surface area contributed by atoms with E-state index in [-0.39, 0.29) is 22.6 Å². The summed E-state index contributed by atoms with van der Waals surface area (Å²) < 4.78 is 0. The third kappa shape index (κ3) is 7.25. The summed E-state index contributed by atoms with van der Waals surface area (Å²) in [6, 6.07) is 20.7. The van der Waals surface area contributed by atoms with Crippen molar-refractivity contribution in [3.63, 3.8) is 0 Å². The Hall–Kier alpha value is -6.28. The molecule has 2 spiro atoms. The molecule has 6 N–H and O–H groups in total. The minimum Gasteiger partial charge on any atom is -0.390 e. The number of carbonyl (C=O) groups excluding carboxylic acids is 2. The number of amides is 2. The molecule has 0 saturated heterocycles. The molecule has 2 amide bonds. The monoisotopic (exact) mass is 850 g/mol. The Balaban J connectivity index is 0.000000143. The molecule has 2 fully saturated rings. The molecule has 324 valence electrons. The molecule has 0 unspecified atom stereocenters. The molecule has 2 aliphatic heterocycles. The predicted octanol–water partition coefficient (Wildman–Crippen LogP) is 8.06. The summed E-state index contributed by atoms with van der Waals surface area (Å²) in [4.78, 5) is 42.3. The highest BCUT2D eigenvalue weighted by molar-refractivity contribution is 6.02. The Morgan fingerprint density at radius 2 is 1.12 bits per heavy atom. The van der Waals surface area contributed by atoms with Crippen LogP contribution in [0.3, 0.4) is 0 Å². The van der Waals surface area contributed by atoms with Crippen molar-refractivity contribution in [2.24, 2.45) is 0 Å². The van der Waals surface area contributed by atoms with E-state index in [4.69, 9.17) is 9.97 Å². The first kappa shape index (κ1) is 40.5. The molecule has 4 aliphatic carbocycles. The zero-order chi connectivity index (χ0) is 44.2. The third-order valence-corrected chi connectivity index (χ3v) is 14.4. The molecule has 6 aliphatic rings. The molecule has 6 heterocycles. The van der Waals surface area contributed by atoms with Gasteiger partial charge in [-0.15, -0.1) is 0 Å². The van der Waals surface area contributed by atoms with Crippen LogP contribution in [-0.2, 0) is 42.9 Å². The van der Waals surface area contributed by atoms with Crippen molar-refractivity contribution in [1.29, 1.82) is 0 Å². The van der Waals surface area contributed by atoms with Crippen LogP contribution in [0.1, 0.15) is 125 Å². The third-order valence-electron chi connectivity index (χ3n) is 14.4. The molecular formula is C54H54N6O4. The quantitative estimate of drug-likeness (QED) is 0.0965. The number of pyridine rings is 2. The number of nitrogens with one attached hydrogen (secondary N) is 4. The Labute approximate surface area is 373 Å². The zero-order valence-electron chi connectivity index (χ0n) is 37.0. The van der Waals surface area contributed by atoms with Gasteiger partial charge in [-0.1, -0.05) is 48.2 Å². The fourth-order valence-electron chi connectivity index (χ4n) is 10.3. The molecule has 4 aromatic heterocycles. The number of fused-ring (bicyclic) bond motifs is 12. The maximum Gasteiger partial charge on any atom is 0.253 e. The number of H-pyrrole nitrogens is 2. The van der Waals surface area contributed by atoms with E-state index in [1.807, 2.05) is 50.5 Å². The van der Waals surface area contributed by atoms with Crippen LogP contribution in [0, 0.1) is 11.8 Å². The van der Waals surface area contributed by atoms with Gasteiger partial charge in [-0.2, -0.15) is 0 Å². The van der Waals surface area contributed by atoms with E-state index in [0.717, 1.165) is 150 Å². The van der Waals surface area contributed by atoms with Gasteiger partial charge in [-0.05, 0) is 144 Å². The highest BCUT2D eigenvalue weighted by Gasteiger charge is 2.53. The largest absolute Gasteiger partial charge is 0.390 e. The van der Waals surface area contributed by atoms with E-state index < -0.39 is 11.2 Å². The van der Waals surface area contributed by atoms with Crippen LogP contribution in [0.2, 0.25) is 0 Å². The van der Waals surface area contributed by atoms with Gasteiger partial charge in [0.1, 0.15) is 5.60 Å². The topological polar surface area (TPSA) is 156 Å². The fourth-order valence-corrected chi connectivity index (χ4v) is 10.3. The highest BCUT2D eigenvalue weighted by atomic mass is 16.3. The Morgan fingerprint density at radius 3 is 1.56 bits per heavy atom. The van der Waals surface area contributed by atoms with E-state index in [1.165, 1.54) is 27.8 Å². The number of aryl methyl sites for hydroxylation is 3. The Morgan fingerprint density at radius 1 is 0.656 bits per heavy atom. The summed E-state index contributed by atoms with van der Waals surface area (Å²) >= 11 is 0. The van der Waals surface area contributed by atoms with Gasteiger partial charge in [-0.25, -0.2) is 0 Å². The second-order valence-corrected chi connectivity index (χ2v) is 20.2. The van der Waals surface area contributed by atoms with E-state index in [9.17, 15) is 19.8 Å². The lowest BCUT2D eigenvalue weighted by atomic mass is 9.86. The molecule has 0 atom stereocenters. The van der Waals surface area contributed by atoms with Gasteiger partial charge in [0.2, 0.25) is 0 Å². The lowest BCUT2D eigenvalue weighted by molar-refractivity contribution is 0.0713. The summed E-state index contributed by atoms with van der Waals surface area (Å²) in [5, 5.41) is 26.0. The minimum absolute atomic E-state index is 0.0653. The SMILES string of the molecule is CC(C)(O)C#Cc1ccc(-c2cc3c(cn2)CCc2c-3[nH]c3c2C(=O)NCC32CC2)cc1.CC(C)(O)CCc1ccc(-c2cc3c(cn2)CCc2c-3[nH]c3c2C(=O)NCC32CC2)cc1. The number of rotatable bonds is 5. The normalized spacial score (nSPS) is 17.8. The van der Waals surface area contributed by atoms with Crippen molar-refractivity contribution in [3.05, 3.63) is 129 Å². The van der Waals surface area contributed by atoms with Crippen molar-refractivity contribution in [2.75, 3.05) is 13.1 Å². The zero-order valence-corrected chi connectivity index (χ0v) is 37.0. The molecular weight excluding hydrogens is 797 g/mol. The Kier molecular flexibility index (Phi) is 9.25. The molecule has 64 heavy (non-hydrogen) atoms. The summed E-state index contributed by atoms with van der Waals surface area (Å²) in [5.41, 5.74) is 18.1. The fraction of sp³-hybridized carbons (Fsp3) is 0.370. The van der Waals surface area contributed by atoms with Gasteiger partial charge < -0.3 is 30.8 Å². The predicted molar refractivity (Wildman–Crippen MR) is 248 cm³/mol. The Bertz CT molecular complexity index is 2960. The van der Waals surface area contributed by atoms with Gasteiger partial charge >= 0.3 is 0 Å². The summed E-state index contributed by atoms with van der Waals surface area (Å²) in [5.74, 6) is 5.99. The number of hydrogen-bond acceptors (Lipinski definition) is 6. The number of nitrogens with zero attached hydrogens (tertiary/aromatic N) is 2. The summed E-state index contributed by atoms with van der Waals surface area (Å²) in [6.45, 7) is 8.54. The summed E-state index contributed by atoms with van der Waals surface area (Å²) in [7, 11) is 0. The second-order valence-electron chi connectivity index (χ2n) is 20.2. The maximum atomic E-state index is 12.7. The first-order chi connectivity index (χ1) is 30.7. The van der Waals surface area contributed by atoms with E-state index in [1.54, 1.807) is 13.8 Å². The smallest absolute Gasteiger partial charge is 0.253 e. The van der Waals surface area contributed by atoms with Gasteiger partial charge in [0.25, 0.3) is 11.8 Å². The van der Waals surface area contributed by atoms with Crippen LogP contribution in [-0.4, -0.2) is 66.3 Å². The van der Waals surface area contributed by atoms with Crippen LogP contribution >= 0.6 is 0 Å². The van der Waals surface area contributed by atoms with Crippen molar-refractivity contribution >= 4 is 11.8 Å². The van der Waals surface area contributed by atoms with Crippen LogP contribution < -0.4 is 10.6 Å². The van der Waals surface area contributed by atoms with Gasteiger partial charge in [0, 0.05) is 75.5 Å². The second kappa shape index (κ2) is 14.6. The highest BCUT2D eigenvalue weighted by Crippen LogP contribution is 2.54. The van der Waals surface area contributed by atoms with Gasteiger partial charge in [0.05, 0.1) is 39.5 Å². The minimum atomic E-state index is -1.01. The molecule has 0 bridgehead atoms. The van der Waals surface area contributed by atoms with Crippen molar-refractivity contribution in [3.8, 4) is 56.9 Å². The van der Waals surface area contributed by atoms with Gasteiger partial charge in [-0.3, -0.25) is 19.6 Å². The molecule has 6 aromatic rings. The number of benzene rings is 2. The van der Waals surface area contributed by atoms with Crippen LogP contribution in [0.5, 0.6) is 0 Å². The van der Waals surface area contributed by atoms with Crippen molar-refractivity contribution < 1.29 is 19.8 Å². The molecule has 10 nitrogen and oxygen atoms in total. The molecule has 2 saturated carbocycles. The first-order valence-corrected chi connectivity index (χ1v) is 22.9. The van der Waals surface area contributed by atoms with Crippen LogP contribution in [0.4, 0.5) is 0 Å². The average molecular weight is 851 g/mol. The summed E-state index contributed by atoms with van der Waals surface area (Å²) in [6.07, 6.45) is 13.7. The first-order valence-electron chi connectivity index (χ1n) is 22.9. The standard InChI is InChI=1S/C27H29N3O2.C27H25N3O2/c2*1-26(2,32)10-9-16-3-5-17(6-4-16)21-13-20-18(14-28-21)7-8-19-22-24(30-23(19)20)27(11-12-27)15-29-25(22)31/h3-6,13-14,30,32H,7-12,15H2,1-2H3,(H,29,31);3-6,13-14,30,32H,7-8,11-12,15H2,1-2H3,(H,29,31). The average Bonchev–Trinajstić information content (AvgIpc) is 4.17. The van der Waals surface area contributed by atoms with E-state index >= 15 is 0 Å². The number of hydrogen-bond donors (Lipinski definition) is 6. The molecule has 10 heteroatoms. The number of aromatic amines is 2. The molecule has 12 rings (SSSR count).